The number of aliphatic carboxylic acids is 1. The number of carboxylic acids is 1. The number of carboxylic acid groups (broad SMARTS) is 1. The van der Waals surface area contributed by atoms with Crippen molar-refractivity contribution in [2.45, 2.75) is 18.9 Å². The van der Waals surface area contributed by atoms with E-state index >= 15 is 0 Å². The molecule has 0 spiro atoms. The summed E-state index contributed by atoms with van der Waals surface area (Å²) in [6.07, 6.45) is 2.49. The summed E-state index contributed by atoms with van der Waals surface area (Å²) in [5.74, 6) is -0.166. The van der Waals surface area contributed by atoms with E-state index < -0.39 is 5.97 Å². The molecule has 3 aliphatic heterocycles. The molecule has 2 bridgehead atoms. The van der Waals surface area contributed by atoms with Crippen LogP contribution in [0.1, 0.15) is 12.8 Å². The van der Waals surface area contributed by atoms with Crippen molar-refractivity contribution < 1.29 is 9.90 Å². The van der Waals surface area contributed by atoms with E-state index in [1.165, 1.54) is 25.9 Å². The highest BCUT2D eigenvalue weighted by Gasteiger charge is 2.33. The van der Waals surface area contributed by atoms with Gasteiger partial charge in [0.1, 0.15) is 0 Å². The summed E-state index contributed by atoms with van der Waals surface area (Å²) in [6, 6.07) is 0.462. The maximum atomic E-state index is 10.6. The van der Waals surface area contributed by atoms with Gasteiger partial charge >= 0.3 is 5.97 Å². The van der Waals surface area contributed by atoms with Crippen LogP contribution in [0, 0.1) is 5.92 Å². The molecule has 4 nitrogen and oxygen atoms in total. The highest BCUT2D eigenvalue weighted by molar-refractivity contribution is 5.86. The number of nitrogens with zero attached hydrogens (tertiary/aromatic N) is 1. The zero-order valence-corrected chi connectivity index (χ0v) is 8.91. The molecule has 3 saturated heterocycles. The number of hydrogen-bond acceptors (Lipinski definition) is 3. The zero-order valence-electron chi connectivity index (χ0n) is 8.91. The molecule has 2 N–H and O–H groups in total. The predicted octanol–water partition coefficient (Wildman–Crippen LogP) is 0.311. The van der Waals surface area contributed by atoms with Gasteiger partial charge in [0, 0.05) is 24.7 Å². The van der Waals surface area contributed by atoms with Gasteiger partial charge in [0.05, 0.1) is 0 Å². The van der Waals surface area contributed by atoms with Crippen molar-refractivity contribution in [1.82, 2.24) is 10.2 Å². The number of hydrogen-bond donors (Lipinski definition) is 2. The molecule has 3 rings (SSSR count). The summed E-state index contributed by atoms with van der Waals surface area (Å²) in [5.41, 5.74) is 0.256. The lowest BCUT2D eigenvalue weighted by Gasteiger charge is -2.45. The van der Waals surface area contributed by atoms with Crippen LogP contribution in [-0.2, 0) is 4.79 Å². The maximum absolute atomic E-state index is 10.6. The average molecular weight is 210 g/mol. The molecule has 0 aromatic heterocycles. The lowest BCUT2D eigenvalue weighted by Crippen LogP contribution is -2.56. The van der Waals surface area contributed by atoms with Crippen LogP contribution in [0.2, 0.25) is 0 Å². The fraction of sp³-hybridized carbons (Fsp3) is 0.727. The van der Waals surface area contributed by atoms with Crippen LogP contribution in [-0.4, -0.2) is 48.2 Å². The Morgan fingerprint density at radius 2 is 2.13 bits per heavy atom. The first-order valence-electron chi connectivity index (χ1n) is 5.53. The minimum Gasteiger partial charge on any atom is -0.478 e. The molecule has 3 fully saturated rings. The molecule has 0 aromatic rings. The van der Waals surface area contributed by atoms with E-state index in [2.05, 4.69) is 16.8 Å². The fourth-order valence-corrected chi connectivity index (χ4v) is 2.53. The average Bonchev–Trinajstić information content (AvgIpc) is 2.27. The first-order chi connectivity index (χ1) is 7.16. The van der Waals surface area contributed by atoms with Gasteiger partial charge in [0.2, 0.25) is 0 Å². The van der Waals surface area contributed by atoms with E-state index in [-0.39, 0.29) is 5.57 Å². The first kappa shape index (κ1) is 10.6. The molecule has 0 aromatic carbocycles. The van der Waals surface area contributed by atoms with Crippen LogP contribution < -0.4 is 5.32 Å². The lowest BCUT2D eigenvalue weighted by molar-refractivity contribution is -0.132. The van der Waals surface area contributed by atoms with Crippen molar-refractivity contribution in [1.29, 1.82) is 0 Å². The predicted molar refractivity (Wildman–Crippen MR) is 57.7 cm³/mol. The maximum Gasteiger partial charge on any atom is 0.332 e. The first-order valence-corrected chi connectivity index (χ1v) is 5.53. The molecule has 3 aliphatic rings. The molecule has 0 radical (unpaired) electrons. The van der Waals surface area contributed by atoms with Gasteiger partial charge in [0.15, 0.2) is 0 Å². The van der Waals surface area contributed by atoms with Gasteiger partial charge in [-0.1, -0.05) is 6.58 Å². The minimum absolute atomic E-state index is 0.256. The normalized spacial score (nSPS) is 34.0. The molecule has 4 heteroatoms. The summed E-state index contributed by atoms with van der Waals surface area (Å²) in [4.78, 5) is 13.0. The van der Waals surface area contributed by atoms with Crippen LogP contribution in [0.4, 0.5) is 0 Å². The van der Waals surface area contributed by atoms with Crippen molar-refractivity contribution >= 4 is 5.97 Å². The molecule has 0 saturated carbocycles. The molecular weight excluding hydrogens is 192 g/mol. The quantitative estimate of drug-likeness (QED) is 0.656. The summed E-state index contributed by atoms with van der Waals surface area (Å²) in [7, 11) is 0. The van der Waals surface area contributed by atoms with Crippen molar-refractivity contribution in [3.05, 3.63) is 12.2 Å². The monoisotopic (exact) mass is 210 g/mol. The van der Waals surface area contributed by atoms with E-state index in [0.29, 0.717) is 12.6 Å². The van der Waals surface area contributed by atoms with E-state index in [0.717, 1.165) is 12.5 Å². The summed E-state index contributed by atoms with van der Waals surface area (Å²) >= 11 is 0. The summed E-state index contributed by atoms with van der Waals surface area (Å²) < 4.78 is 0. The molecule has 1 unspecified atom stereocenters. The van der Waals surface area contributed by atoms with Gasteiger partial charge < -0.3 is 15.3 Å². The van der Waals surface area contributed by atoms with Gasteiger partial charge in [-0.3, -0.25) is 0 Å². The largest absolute Gasteiger partial charge is 0.478 e. The fourth-order valence-electron chi connectivity index (χ4n) is 2.53. The molecular formula is C11H18N2O2. The van der Waals surface area contributed by atoms with E-state index in [1.807, 2.05) is 0 Å². The van der Waals surface area contributed by atoms with E-state index in [1.54, 1.807) is 0 Å². The SMILES string of the molecule is C=C(CNC1CN2CCC1CC2)C(=O)O. The lowest BCUT2D eigenvalue weighted by atomic mass is 9.84. The van der Waals surface area contributed by atoms with Crippen LogP contribution in [0.3, 0.4) is 0 Å². The standard InChI is InChI=1S/C11H18N2O2/c1-8(11(14)15)6-12-10-7-13-4-2-9(10)3-5-13/h9-10,12H,1-7H2,(H,14,15). The Labute approximate surface area is 90.0 Å². The van der Waals surface area contributed by atoms with Gasteiger partial charge in [-0.2, -0.15) is 0 Å². The summed E-state index contributed by atoms with van der Waals surface area (Å²) in [5, 5.41) is 12.0. The molecule has 84 valence electrons. The van der Waals surface area contributed by atoms with Crippen LogP contribution in [0.15, 0.2) is 12.2 Å². The van der Waals surface area contributed by atoms with Gasteiger partial charge in [-0.05, 0) is 31.8 Å². The van der Waals surface area contributed by atoms with Crippen molar-refractivity contribution in [2.24, 2.45) is 5.92 Å². The third kappa shape index (κ3) is 2.38. The van der Waals surface area contributed by atoms with E-state index in [9.17, 15) is 4.79 Å². The van der Waals surface area contributed by atoms with Gasteiger partial charge in [-0.15, -0.1) is 0 Å². The van der Waals surface area contributed by atoms with Crippen LogP contribution in [0.5, 0.6) is 0 Å². The Morgan fingerprint density at radius 1 is 1.47 bits per heavy atom. The Kier molecular flexibility index (Phi) is 3.07. The van der Waals surface area contributed by atoms with Crippen molar-refractivity contribution in [2.75, 3.05) is 26.2 Å². The Morgan fingerprint density at radius 3 is 2.60 bits per heavy atom. The highest BCUT2D eigenvalue weighted by Crippen LogP contribution is 2.27. The second kappa shape index (κ2) is 4.33. The third-order valence-corrected chi connectivity index (χ3v) is 3.54. The Bertz CT molecular complexity index is 270. The minimum atomic E-state index is -0.899. The van der Waals surface area contributed by atoms with Crippen molar-refractivity contribution in [3.63, 3.8) is 0 Å². The highest BCUT2D eigenvalue weighted by atomic mass is 16.4. The van der Waals surface area contributed by atoms with E-state index in [4.69, 9.17) is 5.11 Å². The topological polar surface area (TPSA) is 52.6 Å². The number of nitrogens with one attached hydrogen (secondary N) is 1. The summed E-state index contributed by atoms with van der Waals surface area (Å²) in [6.45, 7) is 7.42. The van der Waals surface area contributed by atoms with Crippen LogP contribution >= 0.6 is 0 Å². The zero-order chi connectivity index (χ0) is 10.8. The molecule has 0 amide bonds. The van der Waals surface area contributed by atoms with Crippen molar-refractivity contribution in [3.8, 4) is 0 Å². The number of carbonyl (C=O) groups is 1. The third-order valence-electron chi connectivity index (χ3n) is 3.54. The van der Waals surface area contributed by atoms with Gasteiger partial charge in [0.25, 0.3) is 0 Å². The Balaban J connectivity index is 1.80. The second-order valence-electron chi connectivity index (χ2n) is 4.53. The number of rotatable bonds is 4. The Hall–Kier alpha value is -0.870. The number of fused-ring (bicyclic) bond motifs is 3. The van der Waals surface area contributed by atoms with Gasteiger partial charge in [-0.25, -0.2) is 4.79 Å². The molecule has 15 heavy (non-hydrogen) atoms. The number of piperidine rings is 3. The molecule has 1 atom stereocenters. The molecule has 3 heterocycles. The second-order valence-corrected chi connectivity index (χ2v) is 4.53. The molecule has 0 aliphatic carbocycles. The van der Waals surface area contributed by atoms with Crippen LogP contribution in [0.25, 0.3) is 0 Å². The smallest absolute Gasteiger partial charge is 0.332 e.